The molecular formula is C20H27NO5. The normalized spacial score (nSPS) is 15.9. The summed E-state index contributed by atoms with van der Waals surface area (Å²) < 4.78 is 10.5. The van der Waals surface area contributed by atoms with Gasteiger partial charge in [-0.05, 0) is 57.2 Å². The lowest BCUT2D eigenvalue weighted by Gasteiger charge is -2.32. The second-order valence-corrected chi connectivity index (χ2v) is 7.44. The Kier molecular flexibility index (Phi) is 6.29. The summed E-state index contributed by atoms with van der Waals surface area (Å²) in [5.41, 5.74) is 0.502. The molecule has 1 N–H and O–H groups in total. The molecule has 0 aliphatic carbocycles. The first kappa shape index (κ1) is 19.8. The molecule has 6 heteroatoms. The maximum atomic E-state index is 12.1. The molecule has 0 unspecified atom stereocenters. The van der Waals surface area contributed by atoms with E-state index in [1.54, 1.807) is 17.0 Å². The predicted octanol–water partition coefficient (Wildman–Crippen LogP) is 3.87. The van der Waals surface area contributed by atoms with Crippen molar-refractivity contribution in [2.75, 3.05) is 20.2 Å². The summed E-state index contributed by atoms with van der Waals surface area (Å²) in [4.78, 5) is 24.9. The van der Waals surface area contributed by atoms with Crippen molar-refractivity contribution in [3.63, 3.8) is 0 Å². The van der Waals surface area contributed by atoms with Gasteiger partial charge in [-0.1, -0.05) is 12.2 Å². The number of likely N-dealkylation sites (tertiary alicyclic amines) is 1. The first-order valence-corrected chi connectivity index (χ1v) is 8.76. The molecule has 0 bridgehead atoms. The van der Waals surface area contributed by atoms with Gasteiger partial charge in [0.1, 0.15) is 5.60 Å². The van der Waals surface area contributed by atoms with Crippen molar-refractivity contribution in [2.24, 2.45) is 5.92 Å². The number of methoxy groups -OCH3 is 1. The molecule has 1 aliphatic heterocycles. The van der Waals surface area contributed by atoms with E-state index in [4.69, 9.17) is 9.47 Å². The average molecular weight is 361 g/mol. The SMILES string of the molecule is COc1cc(/C=C/C2CCN(C(=O)OC(C)(C)C)CC2)cc(C=O)c1O. The van der Waals surface area contributed by atoms with Crippen molar-refractivity contribution >= 4 is 18.5 Å². The van der Waals surface area contributed by atoms with Crippen LogP contribution in [0.5, 0.6) is 11.5 Å². The molecule has 1 aliphatic rings. The fraction of sp³-hybridized carbons (Fsp3) is 0.500. The van der Waals surface area contributed by atoms with Crippen LogP contribution in [0, 0.1) is 5.92 Å². The number of carbonyl (C=O) groups is 2. The number of phenols is 1. The molecule has 1 aromatic rings. The number of ether oxygens (including phenoxy) is 2. The van der Waals surface area contributed by atoms with Gasteiger partial charge in [-0.25, -0.2) is 4.79 Å². The number of nitrogens with zero attached hydrogens (tertiary/aromatic N) is 1. The van der Waals surface area contributed by atoms with E-state index in [0.717, 1.165) is 18.4 Å². The van der Waals surface area contributed by atoms with Crippen molar-refractivity contribution in [3.05, 3.63) is 29.3 Å². The Morgan fingerprint density at radius 2 is 1.92 bits per heavy atom. The molecule has 0 aromatic heterocycles. The van der Waals surface area contributed by atoms with Gasteiger partial charge in [-0.15, -0.1) is 0 Å². The number of rotatable bonds is 4. The van der Waals surface area contributed by atoms with Crippen molar-refractivity contribution in [1.82, 2.24) is 4.90 Å². The standard InChI is InChI=1S/C20H27NO5/c1-20(2,3)26-19(24)21-9-7-14(8-10-21)5-6-15-11-16(13-22)18(23)17(12-15)25-4/h5-6,11-14,23H,7-10H2,1-4H3/b6-5+. The molecule has 0 saturated carbocycles. The van der Waals surface area contributed by atoms with Crippen LogP contribution in [0.25, 0.3) is 6.08 Å². The Labute approximate surface area is 154 Å². The number of hydrogen-bond donors (Lipinski definition) is 1. The lowest BCUT2D eigenvalue weighted by Crippen LogP contribution is -2.41. The second-order valence-electron chi connectivity index (χ2n) is 7.44. The van der Waals surface area contributed by atoms with E-state index in [2.05, 4.69) is 6.08 Å². The Balaban J connectivity index is 1.97. The molecule has 1 aromatic carbocycles. The van der Waals surface area contributed by atoms with Gasteiger partial charge in [0.2, 0.25) is 0 Å². The number of carbonyl (C=O) groups excluding carboxylic acids is 2. The minimum absolute atomic E-state index is 0.148. The number of piperidine rings is 1. The van der Waals surface area contributed by atoms with E-state index in [0.29, 0.717) is 25.3 Å². The highest BCUT2D eigenvalue weighted by atomic mass is 16.6. The van der Waals surface area contributed by atoms with E-state index in [1.165, 1.54) is 7.11 Å². The molecule has 26 heavy (non-hydrogen) atoms. The summed E-state index contributed by atoms with van der Waals surface area (Å²) in [6, 6.07) is 3.31. The first-order valence-electron chi connectivity index (χ1n) is 8.76. The zero-order valence-electron chi connectivity index (χ0n) is 15.8. The first-order chi connectivity index (χ1) is 12.2. The van der Waals surface area contributed by atoms with Gasteiger partial charge in [0.15, 0.2) is 17.8 Å². The van der Waals surface area contributed by atoms with Crippen LogP contribution in [0.15, 0.2) is 18.2 Å². The van der Waals surface area contributed by atoms with E-state index < -0.39 is 5.60 Å². The van der Waals surface area contributed by atoms with E-state index >= 15 is 0 Å². The van der Waals surface area contributed by atoms with Crippen molar-refractivity contribution in [2.45, 2.75) is 39.2 Å². The number of hydrogen-bond acceptors (Lipinski definition) is 5. The van der Waals surface area contributed by atoms with Gasteiger partial charge in [0.25, 0.3) is 0 Å². The molecule has 142 valence electrons. The van der Waals surface area contributed by atoms with E-state index in [-0.39, 0.29) is 23.2 Å². The summed E-state index contributed by atoms with van der Waals surface area (Å²) in [6.45, 7) is 6.89. The van der Waals surface area contributed by atoms with Crippen LogP contribution in [0.3, 0.4) is 0 Å². The molecule has 0 radical (unpaired) electrons. The highest BCUT2D eigenvalue weighted by molar-refractivity contribution is 5.82. The third-order valence-electron chi connectivity index (χ3n) is 4.23. The zero-order valence-corrected chi connectivity index (χ0v) is 15.8. The summed E-state index contributed by atoms with van der Waals surface area (Å²) in [5.74, 6) is 0.465. The monoisotopic (exact) mass is 361 g/mol. The molecule has 1 fully saturated rings. The molecule has 0 atom stereocenters. The molecule has 2 rings (SSSR count). The third kappa shape index (κ3) is 5.25. The smallest absolute Gasteiger partial charge is 0.410 e. The number of amides is 1. The summed E-state index contributed by atoms with van der Waals surface area (Å²) in [7, 11) is 1.45. The minimum Gasteiger partial charge on any atom is -0.504 e. The largest absolute Gasteiger partial charge is 0.504 e. The van der Waals surface area contributed by atoms with Crippen molar-refractivity contribution in [1.29, 1.82) is 0 Å². The lowest BCUT2D eigenvalue weighted by atomic mass is 9.95. The van der Waals surface area contributed by atoms with Gasteiger partial charge >= 0.3 is 6.09 Å². The van der Waals surface area contributed by atoms with Crippen molar-refractivity contribution in [3.8, 4) is 11.5 Å². The maximum Gasteiger partial charge on any atom is 0.410 e. The minimum atomic E-state index is -0.484. The predicted molar refractivity (Wildman–Crippen MR) is 99.6 cm³/mol. The molecule has 1 heterocycles. The number of benzene rings is 1. The van der Waals surface area contributed by atoms with Gasteiger partial charge < -0.3 is 19.5 Å². The number of aromatic hydroxyl groups is 1. The Morgan fingerprint density at radius 3 is 2.46 bits per heavy atom. The highest BCUT2D eigenvalue weighted by Gasteiger charge is 2.25. The van der Waals surface area contributed by atoms with Crippen LogP contribution in [-0.4, -0.2) is 48.2 Å². The number of allylic oxidation sites excluding steroid dienone is 1. The van der Waals surface area contributed by atoms with Crippen LogP contribution >= 0.6 is 0 Å². The molecule has 1 saturated heterocycles. The quantitative estimate of drug-likeness (QED) is 0.824. The van der Waals surface area contributed by atoms with Crippen LogP contribution < -0.4 is 4.74 Å². The fourth-order valence-corrected chi connectivity index (χ4v) is 2.84. The van der Waals surface area contributed by atoms with E-state index in [9.17, 15) is 14.7 Å². The lowest BCUT2D eigenvalue weighted by molar-refractivity contribution is 0.0197. The van der Waals surface area contributed by atoms with Crippen LogP contribution in [-0.2, 0) is 4.74 Å². The van der Waals surface area contributed by atoms with Gasteiger partial charge in [0.05, 0.1) is 12.7 Å². The second kappa shape index (κ2) is 8.25. The van der Waals surface area contributed by atoms with Crippen LogP contribution in [0.4, 0.5) is 4.79 Å². The van der Waals surface area contributed by atoms with Gasteiger partial charge in [-0.2, -0.15) is 0 Å². The highest BCUT2D eigenvalue weighted by Crippen LogP contribution is 2.31. The number of aldehydes is 1. The molecule has 1 amide bonds. The van der Waals surface area contributed by atoms with Gasteiger partial charge in [-0.3, -0.25) is 4.79 Å². The third-order valence-corrected chi connectivity index (χ3v) is 4.23. The molecule has 0 spiro atoms. The summed E-state index contributed by atoms with van der Waals surface area (Å²) in [6.07, 6.45) is 6.04. The summed E-state index contributed by atoms with van der Waals surface area (Å²) in [5, 5.41) is 9.86. The Hall–Kier alpha value is -2.50. The van der Waals surface area contributed by atoms with E-state index in [1.807, 2.05) is 26.8 Å². The maximum absolute atomic E-state index is 12.1. The van der Waals surface area contributed by atoms with Crippen LogP contribution in [0.2, 0.25) is 0 Å². The Bertz CT molecular complexity index is 682. The average Bonchev–Trinajstić information content (AvgIpc) is 2.59. The molecule has 6 nitrogen and oxygen atoms in total. The topological polar surface area (TPSA) is 76.1 Å². The zero-order chi connectivity index (χ0) is 19.3. The molecular weight excluding hydrogens is 334 g/mol. The van der Waals surface area contributed by atoms with Gasteiger partial charge in [0, 0.05) is 13.1 Å². The van der Waals surface area contributed by atoms with Crippen LogP contribution in [0.1, 0.15) is 49.5 Å². The summed E-state index contributed by atoms with van der Waals surface area (Å²) >= 11 is 0. The Morgan fingerprint density at radius 1 is 1.27 bits per heavy atom. The number of phenolic OH excluding ortho intramolecular Hbond substituents is 1. The fourth-order valence-electron chi connectivity index (χ4n) is 2.84. The van der Waals surface area contributed by atoms with Crippen molar-refractivity contribution < 1.29 is 24.2 Å².